The summed E-state index contributed by atoms with van der Waals surface area (Å²) >= 11 is 0. The van der Waals surface area contributed by atoms with Crippen LogP contribution in [0.1, 0.15) is 22.6 Å². The molecule has 102 valence electrons. The second-order valence-electron chi connectivity index (χ2n) is 3.50. The molecule has 18 heavy (non-hydrogen) atoms. The molecule has 0 fully saturated rings. The molecular formula is C9H13F3N4O2. The van der Waals surface area contributed by atoms with Gasteiger partial charge in [-0.2, -0.15) is 13.2 Å². The number of aryl methyl sites for hydroxylation is 1. The highest BCUT2D eigenvalue weighted by molar-refractivity contribution is 5.88. The molecule has 0 aliphatic carbocycles. The summed E-state index contributed by atoms with van der Waals surface area (Å²) in [6.45, 7) is -0.230. The average molecular weight is 266 g/mol. The number of ether oxygens (including phenoxy) is 1. The molecule has 0 saturated heterocycles. The van der Waals surface area contributed by atoms with Crippen molar-refractivity contribution >= 4 is 5.97 Å². The smallest absolute Gasteiger partial charge is 0.390 e. The molecule has 0 atom stereocenters. The number of methoxy groups -OCH3 is 1. The number of nitrogens with zero attached hydrogens (tertiary/aromatic N) is 3. The van der Waals surface area contributed by atoms with Crippen molar-refractivity contribution in [3.8, 4) is 0 Å². The van der Waals surface area contributed by atoms with Gasteiger partial charge in [-0.15, -0.1) is 5.10 Å². The molecule has 0 radical (unpaired) electrons. The summed E-state index contributed by atoms with van der Waals surface area (Å²) in [5.41, 5.74) is 5.50. The van der Waals surface area contributed by atoms with Crippen LogP contribution >= 0.6 is 0 Å². The Morgan fingerprint density at radius 2 is 2.17 bits per heavy atom. The number of alkyl halides is 3. The maximum absolute atomic E-state index is 12.1. The van der Waals surface area contributed by atoms with Crippen LogP contribution in [-0.4, -0.2) is 40.8 Å². The molecule has 0 aromatic carbocycles. The number of hydrogen-bond acceptors (Lipinski definition) is 5. The highest BCUT2D eigenvalue weighted by Crippen LogP contribution is 2.21. The van der Waals surface area contributed by atoms with E-state index in [4.69, 9.17) is 5.73 Å². The lowest BCUT2D eigenvalue weighted by atomic mass is 10.2. The van der Waals surface area contributed by atoms with Crippen LogP contribution in [-0.2, 0) is 17.7 Å². The quantitative estimate of drug-likeness (QED) is 0.785. The summed E-state index contributed by atoms with van der Waals surface area (Å²) in [6.07, 6.45) is -5.14. The minimum Gasteiger partial charge on any atom is -0.464 e. The summed E-state index contributed by atoms with van der Waals surface area (Å²) in [7, 11) is 1.16. The number of rotatable bonds is 5. The minimum atomic E-state index is -4.29. The third kappa shape index (κ3) is 3.69. The SMILES string of the molecule is COC(=O)c1nnn(CCC(F)(F)F)c1CCN. The first-order valence-electron chi connectivity index (χ1n) is 5.16. The number of nitrogens with two attached hydrogens (primary N) is 1. The Morgan fingerprint density at radius 1 is 1.50 bits per heavy atom. The number of aromatic nitrogens is 3. The van der Waals surface area contributed by atoms with E-state index in [1.165, 1.54) is 0 Å². The van der Waals surface area contributed by atoms with E-state index < -0.39 is 25.1 Å². The Kier molecular flexibility index (Phi) is 4.65. The van der Waals surface area contributed by atoms with Gasteiger partial charge in [-0.3, -0.25) is 0 Å². The molecule has 0 unspecified atom stereocenters. The molecule has 0 spiro atoms. The van der Waals surface area contributed by atoms with Crippen LogP contribution < -0.4 is 5.73 Å². The summed E-state index contributed by atoms with van der Waals surface area (Å²) in [4.78, 5) is 11.3. The van der Waals surface area contributed by atoms with Crippen molar-refractivity contribution in [3.05, 3.63) is 11.4 Å². The molecular weight excluding hydrogens is 253 g/mol. The Balaban J connectivity index is 2.91. The number of esters is 1. The van der Waals surface area contributed by atoms with Crippen molar-refractivity contribution in [3.63, 3.8) is 0 Å². The van der Waals surface area contributed by atoms with Crippen LogP contribution in [0.5, 0.6) is 0 Å². The van der Waals surface area contributed by atoms with Gasteiger partial charge in [0, 0.05) is 6.42 Å². The topological polar surface area (TPSA) is 83.0 Å². The second-order valence-corrected chi connectivity index (χ2v) is 3.50. The van der Waals surface area contributed by atoms with Gasteiger partial charge in [-0.05, 0) is 6.54 Å². The monoisotopic (exact) mass is 266 g/mol. The maximum atomic E-state index is 12.1. The summed E-state index contributed by atoms with van der Waals surface area (Å²) in [5.74, 6) is -0.739. The van der Waals surface area contributed by atoms with Gasteiger partial charge in [0.15, 0.2) is 5.69 Å². The largest absolute Gasteiger partial charge is 0.464 e. The van der Waals surface area contributed by atoms with E-state index in [0.29, 0.717) is 0 Å². The molecule has 1 heterocycles. The van der Waals surface area contributed by atoms with Crippen molar-refractivity contribution < 1.29 is 22.7 Å². The van der Waals surface area contributed by atoms with E-state index in [1.54, 1.807) is 0 Å². The van der Waals surface area contributed by atoms with E-state index in [0.717, 1.165) is 11.8 Å². The fourth-order valence-electron chi connectivity index (χ4n) is 1.38. The molecule has 0 aliphatic heterocycles. The van der Waals surface area contributed by atoms with E-state index in [9.17, 15) is 18.0 Å². The molecule has 1 rings (SSSR count). The van der Waals surface area contributed by atoms with Crippen LogP contribution in [0.25, 0.3) is 0 Å². The third-order valence-electron chi connectivity index (χ3n) is 2.20. The first-order chi connectivity index (χ1) is 8.39. The zero-order valence-electron chi connectivity index (χ0n) is 9.70. The van der Waals surface area contributed by atoms with Gasteiger partial charge in [0.1, 0.15) is 0 Å². The van der Waals surface area contributed by atoms with Gasteiger partial charge in [0.25, 0.3) is 0 Å². The number of hydrogen-bond donors (Lipinski definition) is 1. The first-order valence-corrected chi connectivity index (χ1v) is 5.16. The second kappa shape index (κ2) is 5.80. The lowest BCUT2D eigenvalue weighted by Gasteiger charge is -2.08. The normalized spacial score (nSPS) is 11.6. The van der Waals surface area contributed by atoms with Crippen molar-refractivity contribution in [1.82, 2.24) is 15.0 Å². The summed E-state index contributed by atoms with van der Waals surface area (Å²) < 4.78 is 41.8. The van der Waals surface area contributed by atoms with Crippen LogP contribution in [0, 0.1) is 0 Å². The molecule has 1 aromatic heterocycles. The minimum absolute atomic E-state index is 0.0925. The van der Waals surface area contributed by atoms with Gasteiger partial charge in [-0.1, -0.05) is 5.21 Å². The Morgan fingerprint density at radius 3 is 2.67 bits per heavy atom. The number of carbonyl (C=O) groups is 1. The van der Waals surface area contributed by atoms with Gasteiger partial charge in [-0.25, -0.2) is 9.48 Å². The molecule has 0 amide bonds. The van der Waals surface area contributed by atoms with Gasteiger partial charge in [0.05, 0.1) is 25.8 Å². The van der Waals surface area contributed by atoms with E-state index in [1.807, 2.05) is 0 Å². The average Bonchev–Trinajstić information content (AvgIpc) is 2.68. The zero-order chi connectivity index (χ0) is 13.8. The van der Waals surface area contributed by atoms with Gasteiger partial charge >= 0.3 is 12.1 Å². The van der Waals surface area contributed by atoms with Crippen LogP contribution in [0.3, 0.4) is 0 Å². The van der Waals surface area contributed by atoms with E-state index in [2.05, 4.69) is 15.0 Å². The Bertz CT molecular complexity index is 416. The lowest BCUT2D eigenvalue weighted by molar-refractivity contribution is -0.137. The number of halogens is 3. The van der Waals surface area contributed by atoms with Crippen LogP contribution in [0.15, 0.2) is 0 Å². The van der Waals surface area contributed by atoms with Crippen molar-refractivity contribution in [2.24, 2.45) is 5.73 Å². The summed E-state index contributed by atoms with van der Waals surface area (Å²) in [6, 6.07) is 0. The fraction of sp³-hybridized carbons (Fsp3) is 0.667. The van der Waals surface area contributed by atoms with Gasteiger partial charge < -0.3 is 10.5 Å². The van der Waals surface area contributed by atoms with Crippen molar-refractivity contribution in [2.75, 3.05) is 13.7 Å². The zero-order valence-corrected chi connectivity index (χ0v) is 9.70. The highest BCUT2D eigenvalue weighted by Gasteiger charge is 2.28. The molecule has 0 bridgehead atoms. The molecule has 0 saturated carbocycles. The maximum Gasteiger partial charge on any atom is 0.390 e. The van der Waals surface area contributed by atoms with Crippen LogP contribution in [0.4, 0.5) is 13.2 Å². The number of carbonyl (C=O) groups excluding carboxylic acids is 1. The lowest BCUT2D eigenvalue weighted by Crippen LogP contribution is -2.17. The first kappa shape index (κ1) is 14.4. The summed E-state index contributed by atoms with van der Waals surface area (Å²) in [5, 5.41) is 7.04. The molecule has 9 heteroatoms. The van der Waals surface area contributed by atoms with Crippen LogP contribution in [0.2, 0.25) is 0 Å². The predicted octanol–water partition coefficient (Wildman–Crippen LogP) is 0.518. The van der Waals surface area contributed by atoms with Crippen molar-refractivity contribution in [1.29, 1.82) is 0 Å². The molecule has 2 N–H and O–H groups in total. The Labute approximate surface area is 101 Å². The fourth-order valence-corrected chi connectivity index (χ4v) is 1.38. The standard InChI is InChI=1S/C9H13F3N4O2/c1-18-8(17)7-6(2-4-13)16(15-14-7)5-3-9(10,11)12/h2-5,13H2,1H3. The Hall–Kier alpha value is -1.64. The predicted molar refractivity (Wildman–Crippen MR) is 54.8 cm³/mol. The van der Waals surface area contributed by atoms with Gasteiger partial charge in [0.2, 0.25) is 0 Å². The molecule has 6 nitrogen and oxygen atoms in total. The van der Waals surface area contributed by atoms with E-state index >= 15 is 0 Å². The highest BCUT2D eigenvalue weighted by atomic mass is 19.4. The molecule has 0 aliphatic rings. The van der Waals surface area contributed by atoms with Crippen molar-refractivity contribution in [2.45, 2.75) is 25.6 Å². The van der Waals surface area contributed by atoms with E-state index in [-0.39, 0.29) is 24.4 Å². The molecule has 1 aromatic rings. The third-order valence-corrected chi connectivity index (χ3v) is 2.20.